The van der Waals surface area contributed by atoms with Crippen LogP contribution < -0.4 is 0 Å². The summed E-state index contributed by atoms with van der Waals surface area (Å²) in [6.45, 7) is 0.436. The molecule has 6 heteroatoms. The third kappa shape index (κ3) is 1.36. The van der Waals surface area contributed by atoms with Gasteiger partial charge in [0.2, 0.25) is 0 Å². The van der Waals surface area contributed by atoms with E-state index < -0.39 is 18.1 Å². The molecule has 84 valence electrons. The summed E-state index contributed by atoms with van der Waals surface area (Å²) in [6, 6.07) is -1.08. The smallest absolute Gasteiger partial charge is 0.408 e. The van der Waals surface area contributed by atoms with Crippen molar-refractivity contribution in [2.75, 3.05) is 13.7 Å². The first-order chi connectivity index (χ1) is 7.02. The molecule has 15 heavy (non-hydrogen) atoms. The van der Waals surface area contributed by atoms with Crippen molar-refractivity contribution in [1.29, 1.82) is 0 Å². The van der Waals surface area contributed by atoms with E-state index in [2.05, 4.69) is 0 Å². The number of ether oxygens (including phenoxy) is 1. The second kappa shape index (κ2) is 3.10. The molecule has 2 N–H and O–H groups in total. The maximum absolute atomic E-state index is 10.9. The van der Waals surface area contributed by atoms with Gasteiger partial charge in [-0.2, -0.15) is 0 Å². The Labute approximate surface area is 86.4 Å². The molecule has 6 nitrogen and oxygen atoms in total. The summed E-state index contributed by atoms with van der Waals surface area (Å²) in [7, 11) is 1.54. The lowest BCUT2D eigenvalue weighted by Crippen LogP contribution is -2.42. The summed E-state index contributed by atoms with van der Waals surface area (Å²) in [5, 5.41) is 17.8. The van der Waals surface area contributed by atoms with E-state index in [1.165, 1.54) is 0 Å². The van der Waals surface area contributed by atoms with E-state index in [0.717, 1.165) is 11.3 Å². The Morgan fingerprint density at radius 1 is 1.47 bits per heavy atom. The van der Waals surface area contributed by atoms with E-state index in [4.69, 9.17) is 14.9 Å². The molecule has 0 aromatic carbocycles. The fourth-order valence-electron chi connectivity index (χ4n) is 2.61. The normalized spacial score (nSPS) is 37.5. The van der Waals surface area contributed by atoms with Gasteiger partial charge in [0.15, 0.2) is 0 Å². The predicted molar refractivity (Wildman–Crippen MR) is 48.6 cm³/mol. The maximum Gasteiger partial charge on any atom is 0.408 e. The molecule has 1 heterocycles. The Kier molecular flexibility index (Phi) is 2.11. The van der Waals surface area contributed by atoms with Crippen molar-refractivity contribution in [1.82, 2.24) is 4.90 Å². The van der Waals surface area contributed by atoms with Crippen molar-refractivity contribution in [3.8, 4) is 0 Å². The molecule has 1 saturated heterocycles. The number of piperidine rings is 1. The maximum atomic E-state index is 10.9. The summed E-state index contributed by atoms with van der Waals surface area (Å²) in [5.74, 6) is -1.07. The minimum atomic E-state index is -1.15. The Balaban J connectivity index is 2.17. The zero-order valence-electron chi connectivity index (χ0n) is 8.34. The number of likely N-dealkylation sites (tertiary alicyclic amines) is 1. The summed E-state index contributed by atoms with van der Waals surface area (Å²) in [4.78, 5) is 22.9. The lowest BCUT2D eigenvalue weighted by Gasteiger charge is -2.20. The van der Waals surface area contributed by atoms with Crippen LogP contribution in [0.1, 0.15) is 12.8 Å². The highest BCUT2D eigenvalue weighted by Crippen LogP contribution is 2.59. The van der Waals surface area contributed by atoms with Crippen molar-refractivity contribution in [3.05, 3.63) is 0 Å². The highest BCUT2D eigenvalue weighted by atomic mass is 16.5. The van der Waals surface area contributed by atoms with E-state index in [1.54, 1.807) is 7.11 Å². The minimum Gasteiger partial charge on any atom is -0.480 e. The minimum absolute atomic E-state index is 0.170. The number of hydrogen-bond donors (Lipinski definition) is 2. The molecule has 0 bridgehead atoms. The van der Waals surface area contributed by atoms with Gasteiger partial charge in [0.1, 0.15) is 6.04 Å². The number of amides is 1. The van der Waals surface area contributed by atoms with Gasteiger partial charge in [-0.3, -0.25) is 4.90 Å². The van der Waals surface area contributed by atoms with Gasteiger partial charge in [-0.25, -0.2) is 9.59 Å². The largest absolute Gasteiger partial charge is 0.480 e. The second-order valence-electron chi connectivity index (χ2n) is 4.26. The summed E-state index contributed by atoms with van der Waals surface area (Å²) < 4.78 is 5.01. The third-order valence-electron chi connectivity index (χ3n) is 3.36. The van der Waals surface area contributed by atoms with Crippen LogP contribution in [0.4, 0.5) is 4.79 Å². The summed E-state index contributed by atoms with van der Waals surface area (Å²) in [5.41, 5.74) is -0.240. The standard InChI is InChI=1S/C9H13NO5/c1-15-4-9-2-5(7(11)12)10(8(13)14)6(9)3-9/h5-6H,2-4H2,1H3,(H,11,12)(H,13,14)/t5-,6-,9+/m0/s1. The Morgan fingerprint density at radius 3 is 2.53 bits per heavy atom. The van der Waals surface area contributed by atoms with Crippen LogP contribution in [-0.4, -0.2) is 53.0 Å². The first-order valence-corrected chi connectivity index (χ1v) is 4.75. The Bertz CT molecular complexity index is 318. The van der Waals surface area contributed by atoms with E-state index in [-0.39, 0.29) is 11.5 Å². The van der Waals surface area contributed by atoms with Gasteiger partial charge in [-0.15, -0.1) is 0 Å². The average Bonchev–Trinajstić information content (AvgIpc) is 2.70. The summed E-state index contributed by atoms with van der Waals surface area (Å²) in [6.07, 6.45) is -0.0628. The van der Waals surface area contributed by atoms with Gasteiger partial charge in [-0.05, 0) is 12.8 Å². The zero-order valence-corrected chi connectivity index (χ0v) is 8.34. The van der Waals surface area contributed by atoms with Gasteiger partial charge in [-0.1, -0.05) is 0 Å². The van der Waals surface area contributed by atoms with Crippen LogP contribution in [0, 0.1) is 5.41 Å². The van der Waals surface area contributed by atoms with Crippen LogP contribution in [0.3, 0.4) is 0 Å². The molecule has 1 amide bonds. The van der Waals surface area contributed by atoms with Crippen LogP contribution in [0.2, 0.25) is 0 Å². The monoisotopic (exact) mass is 215 g/mol. The third-order valence-corrected chi connectivity index (χ3v) is 3.36. The lowest BCUT2D eigenvalue weighted by atomic mass is 10.0. The van der Waals surface area contributed by atoms with E-state index in [0.29, 0.717) is 13.0 Å². The molecule has 2 aliphatic rings. The fourth-order valence-corrected chi connectivity index (χ4v) is 2.61. The first kappa shape index (κ1) is 10.2. The number of methoxy groups -OCH3 is 1. The van der Waals surface area contributed by atoms with E-state index in [9.17, 15) is 9.59 Å². The van der Waals surface area contributed by atoms with E-state index >= 15 is 0 Å². The van der Waals surface area contributed by atoms with Crippen molar-refractivity contribution in [2.45, 2.75) is 24.9 Å². The van der Waals surface area contributed by atoms with Crippen LogP contribution >= 0.6 is 0 Å². The van der Waals surface area contributed by atoms with Gasteiger partial charge >= 0.3 is 12.1 Å². The van der Waals surface area contributed by atoms with Crippen LogP contribution in [0.15, 0.2) is 0 Å². The number of carboxylic acids is 1. The molecular formula is C9H13NO5. The number of carboxylic acid groups (broad SMARTS) is 2. The molecule has 2 rings (SSSR count). The number of hydrogen-bond acceptors (Lipinski definition) is 3. The fraction of sp³-hybridized carbons (Fsp3) is 0.778. The van der Waals surface area contributed by atoms with Crippen molar-refractivity contribution < 1.29 is 24.5 Å². The molecule has 0 aromatic rings. The number of nitrogens with zero attached hydrogens (tertiary/aromatic N) is 1. The van der Waals surface area contributed by atoms with Crippen LogP contribution in [0.25, 0.3) is 0 Å². The topological polar surface area (TPSA) is 87.1 Å². The first-order valence-electron chi connectivity index (χ1n) is 4.75. The van der Waals surface area contributed by atoms with Gasteiger partial charge < -0.3 is 14.9 Å². The molecule has 0 spiro atoms. The average molecular weight is 215 g/mol. The molecule has 1 aliphatic heterocycles. The molecule has 1 saturated carbocycles. The number of aliphatic carboxylic acids is 1. The molecular weight excluding hydrogens is 202 g/mol. The highest BCUT2D eigenvalue weighted by Gasteiger charge is 2.67. The SMILES string of the molecule is COC[C@@]12C[C@@H]1N(C(=O)O)[C@H](C(=O)O)C2. The second-order valence-corrected chi connectivity index (χ2v) is 4.26. The van der Waals surface area contributed by atoms with E-state index in [1.807, 2.05) is 0 Å². The quantitative estimate of drug-likeness (QED) is 0.703. The van der Waals surface area contributed by atoms with Crippen molar-refractivity contribution in [3.63, 3.8) is 0 Å². The molecule has 0 aromatic heterocycles. The lowest BCUT2D eigenvalue weighted by molar-refractivity contribution is -0.142. The predicted octanol–water partition coefficient (Wildman–Crippen LogP) is 0.228. The van der Waals surface area contributed by atoms with Gasteiger partial charge in [0, 0.05) is 18.6 Å². The number of fused-ring (bicyclic) bond motifs is 1. The number of rotatable bonds is 3. The van der Waals surface area contributed by atoms with Crippen LogP contribution in [0.5, 0.6) is 0 Å². The summed E-state index contributed by atoms with van der Waals surface area (Å²) >= 11 is 0. The van der Waals surface area contributed by atoms with Crippen molar-refractivity contribution >= 4 is 12.1 Å². The van der Waals surface area contributed by atoms with Crippen molar-refractivity contribution in [2.24, 2.45) is 5.41 Å². The molecule has 3 atom stereocenters. The zero-order chi connectivity index (χ0) is 11.2. The van der Waals surface area contributed by atoms with Crippen LogP contribution in [-0.2, 0) is 9.53 Å². The van der Waals surface area contributed by atoms with Gasteiger partial charge in [0.05, 0.1) is 6.61 Å². The molecule has 0 radical (unpaired) electrons. The Hall–Kier alpha value is -1.30. The molecule has 0 unspecified atom stereocenters. The van der Waals surface area contributed by atoms with Gasteiger partial charge in [0.25, 0.3) is 0 Å². The highest BCUT2D eigenvalue weighted by molar-refractivity contribution is 5.81. The number of carbonyl (C=O) groups is 2. The Morgan fingerprint density at radius 2 is 2.13 bits per heavy atom. The molecule has 1 aliphatic carbocycles. The molecule has 2 fully saturated rings.